The molecule has 1 fully saturated rings. The van der Waals surface area contributed by atoms with Crippen LogP contribution in [0.1, 0.15) is 29.2 Å². The van der Waals surface area contributed by atoms with Crippen molar-refractivity contribution in [1.29, 1.82) is 0 Å². The highest BCUT2D eigenvalue weighted by atomic mass is 31.3. The van der Waals surface area contributed by atoms with Gasteiger partial charge in [-0.05, 0) is 13.0 Å². The minimum absolute atomic E-state index is 0.0440. The Morgan fingerprint density at radius 1 is 1.13 bits per heavy atom. The second-order valence-corrected chi connectivity index (χ2v) is 10.4. The molecule has 174 valence electrons. The molecule has 15 nitrogen and oxygen atoms in total. The van der Waals surface area contributed by atoms with Gasteiger partial charge in [0.1, 0.15) is 18.3 Å². The third-order valence-corrected chi connectivity index (χ3v) is 7.50. The summed E-state index contributed by atoms with van der Waals surface area (Å²) in [5.41, 5.74) is 0.453. The Bertz CT molecular complexity index is 1020. The lowest BCUT2D eigenvalue weighted by Crippen LogP contribution is -2.33. The quantitative estimate of drug-likeness (QED) is 0.143. The molecular formula is C13H18NO14P3. The molecule has 2 heterocycles. The molecule has 6 atom stereocenters. The SMILES string of the molecule is CC#Cc1cc(C=O)n([C@@H]2O[C@H](COP(=O)(O)OP(=O)(O)OP(=O)(O)O)C(O)[C@@H]2O)c1. The van der Waals surface area contributed by atoms with Crippen molar-refractivity contribution in [1.82, 2.24) is 4.57 Å². The number of carbonyl (C=O) groups excluding carboxylic acids is 1. The Kier molecular flexibility index (Phi) is 8.19. The fourth-order valence-corrected chi connectivity index (χ4v) is 5.62. The first kappa shape index (κ1) is 26.1. The monoisotopic (exact) mass is 505 g/mol. The van der Waals surface area contributed by atoms with Crippen LogP contribution < -0.4 is 0 Å². The summed E-state index contributed by atoms with van der Waals surface area (Å²) in [7, 11) is -16.7. The molecule has 0 saturated carbocycles. The molecule has 1 aromatic rings. The molecule has 1 saturated heterocycles. The molecule has 0 aromatic carbocycles. The van der Waals surface area contributed by atoms with E-state index in [2.05, 4.69) is 25.0 Å². The summed E-state index contributed by atoms with van der Waals surface area (Å²) in [5.74, 6) is 5.30. The van der Waals surface area contributed by atoms with Gasteiger partial charge in [-0.3, -0.25) is 9.32 Å². The highest BCUT2D eigenvalue weighted by Gasteiger charge is 2.46. The van der Waals surface area contributed by atoms with Crippen LogP contribution >= 0.6 is 23.5 Å². The van der Waals surface area contributed by atoms with Crippen molar-refractivity contribution in [3.05, 3.63) is 23.5 Å². The van der Waals surface area contributed by atoms with Gasteiger partial charge in [-0.15, -0.1) is 5.92 Å². The Balaban J connectivity index is 2.09. The van der Waals surface area contributed by atoms with Gasteiger partial charge in [0.05, 0.1) is 12.3 Å². The Morgan fingerprint density at radius 3 is 2.32 bits per heavy atom. The normalized spacial score (nSPS) is 27.7. The van der Waals surface area contributed by atoms with Crippen LogP contribution in [0.2, 0.25) is 0 Å². The smallest absolute Gasteiger partial charge is 0.387 e. The van der Waals surface area contributed by atoms with Crippen LogP contribution in [0.3, 0.4) is 0 Å². The summed E-state index contributed by atoms with van der Waals surface area (Å²) in [6, 6.07) is 1.39. The maximum Gasteiger partial charge on any atom is 0.490 e. The predicted octanol–water partition coefficient (Wildman–Crippen LogP) is -0.366. The number of rotatable bonds is 9. The number of aliphatic hydroxyl groups excluding tert-OH is 2. The van der Waals surface area contributed by atoms with Crippen molar-refractivity contribution in [2.24, 2.45) is 0 Å². The summed E-state index contributed by atoms with van der Waals surface area (Å²) in [4.78, 5) is 46.8. The first-order valence-corrected chi connectivity index (χ1v) is 12.6. The van der Waals surface area contributed by atoms with E-state index in [1.54, 1.807) is 6.92 Å². The first-order chi connectivity index (χ1) is 14.2. The third kappa shape index (κ3) is 7.15. The third-order valence-electron chi connectivity index (χ3n) is 3.70. The molecule has 0 spiro atoms. The van der Waals surface area contributed by atoms with E-state index in [9.17, 15) is 33.6 Å². The van der Waals surface area contributed by atoms with Crippen LogP contribution in [-0.4, -0.2) is 65.6 Å². The molecule has 0 aliphatic carbocycles. The number of hydrogen-bond donors (Lipinski definition) is 6. The number of ether oxygens (including phenoxy) is 1. The van der Waals surface area contributed by atoms with Gasteiger partial charge in [0.15, 0.2) is 12.5 Å². The van der Waals surface area contributed by atoms with Gasteiger partial charge in [0.2, 0.25) is 0 Å². The molecule has 2 rings (SSSR count). The summed E-state index contributed by atoms with van der Waals surface area (Å²) in [6.07, 6.45) is -4.30. The van der Waals surface area contributed by atoms with E-state index in [0.717, 1.165) is 0 Å². The Morgan fingerprint density at radius 2 is 1.77 bits per heavy atom. The summed E-state index contributed by atoms with van der Waals surface area (Å²) >= 11 is 0. The molecule has 0 amide bonds. The second-order valence-electron chi connectivity index (χ2n) is 5.99. The maximum atomic E-state index is 11.8. The van der Waals surface area contributed by atoms with Crippen LogP contribution in [0.15, 0.2) is 12.3 Å². The zero-order valence-electron chi connectivity index (χ0n) is 15.5. The Labute approximate surface area is 174 Å². The molecule has 3 unspecified atom stereocenters. The molecule has 0 radical (unpaired) electrons. The second kappa shape index (κ2) is 9.74. The van der Waals surface area contributed by atoms with Crippen molar-refractivity contribution in [2.45, 2.75) is 31.5 Å². The van der Waals surface area contributed by atoms with Gasteiger partial charge < -0.3 is 39.1 Å². The van der Waals surface area contributed by atoms with E-state index in [0.29, 0.717) is 11.8 Å². The highest BCUT2D eigenvalue weighted by molar-refractivity contribution is 7.66. The molecular weight excluding hydrogens is 487 g/mol. The number of carbonyl (C=O) groups is 1. The van der Waals surface area contributed by atoms with Crippen molar-refractivity contribution < 1.29 is 66.2 Å². The van der Waals surface area contributed by atoms with E-state index in [1.807, 2.05) is 0 Å². The summed E-state index contributed by atoms with van der Waals surface area (Å²) < 4.78 is 51.7. The zero-order valence-corrected chi connectivity index (χ0v) is 18.2. The molecule has 0 bridgehead atoms. The van der Waals surface area contributed by atoms with Gasteiger partial charge in [-0.2, -0.15) is 8.62 Å². The largest absolute Gasteiger partial charge is 0.490 e. The molecule has 1 aromatic heterocycles. The average molecular weight is 505 g/mol. The first-order valence-electron chi connectivity index (χ1n) is 8.08. The maximum absolute atomic E-state index is 11.8. The number of aliphatic hydroxyl groups is 2. The fraction of sp³-hybridized carbons (Fsp3) is 0.462. The van der Waals surface area contributed by atoms with Gasteiger partial charge in [0, 0.05) is 11.8 Å². The van der Waals surface area contributed by atoms with Crippen LogP contribution in [0.5, 0.6) is 0 Å². The standard InChI is InChI=1S/C13H18NO14P3/c1-2-3-8-4-9(6-15)14(5-8)13-12(17)11(16)10(26-13)7-25-30(21,22)28-31(23,24)27-29(18,19)20/h4-6,10-13,16-17H,7H2,1H3,(H,21,22)(H,23,24)(H2,18,19,20)/t10-,11?,12+,13-/m1/s1. The number of phosphoric ester groups is 1. The molecule has 6 N–H and O–H groups in total. The summed E-state index contributed by atoms with van der Waals surface area (Å²) in [6.45, 7) is 0.582. The van der Waals surface area contributed by atoms with Gasteiger partial charge in [0.25, 0.3) is 0 Å². The van der Waals surface area contributed by atoms with Gasteiger partial charge in [-0.1, -0.05) is 5.92 Å². The minimum atomic E-state index is -5.71. The van der Waals surface area contributed by atoms with E-state index in [-0.39, 0.29) is 5.69 Å². The topological polar surface area (TPSA) is 232 Å². The predicted molar refractivity (Wildman–Crippen MR) is 98.1 cm³/mol. The van der Waals surface area contributed by atoms with E-state index in [1.165, 1.54) is 16.8 Å². The number of aldehydes is 1. The van der Waals surface area contributed by atoms with Crippen molar-refractivity contribution >= 4 is 29.8 Å². The summed E-state index contributed by atoms with van der Waals surface area (Å²) in [5, 5.41) is 20.3. The minimum Gasteiger partial charge on any atom is -0.387 e. The lowest BCUT2D eigenvalue weighted by Gasteiger charge is -2.19. The molecule has 18 heteroatoms. The van der Waals surface area contributed by atoms with Crippen molar-refractivity contribution in [3.63, 3.8) is 0 Å². The van der Waals surface area contributed by atoms with E-state index in [4.69, 9.17) is 19.4 Å². The van der Waals surface area contributed by atoms with Crippen molar-refractivity contribution in [2.75, 3.05) is 6.61 Å². The lowest BCUT2D eigenvalue weighted by atomic mass is 10.1. The van der Waals surface area contributed by atoms with Crippen LogP contribution in [0.25, 0.3) is 0 Å². The van der Waals surface area contributed by atoms with Crippen LogP contribution in [-0.2, 0) is 31.6 Å². The number of nitrogens with zero attached hydrogens (tertiary/aromatic N) is 1. The molecule has 31 heavy (non-hydrogen) atoms. The molecule has 1 aliphatic heterocycles. The fourth-order valence-electron chi connectivity index (χ4n) is 2.59. The molecule has 1 aliphatic rings. The number of aromatic nitrogens is 1. The highest BCUT2D eigenvalue weighted by Crippen LogP contribution is 2.66. The number of phosphoric acid groups is 3. The lowest BCUT2D eigenvalue weighted by molar-refractivity contribution is -0.0522. The average Bonchev–Trinajstić information content (AvgIpc) is 3.12. The van der Waals surface area contributed by atoms with E-state index < -0.39 is 54.6 Å². The van der Waals surface area contributed by atoms with Gasteiger partial charge >= 0.3 is 23.5 Å². The number of hydrogen-bond acceptors (Lipinski definition) is 10. The van der Waals surface area contributed by atoms with E-state index >= 15 is 0 Å². The zero-order chi connectivity index (χ0) is 23.6. The van der Waals surface area contributed by atoms with Crippen LogP contribution in [0, 0.1) is 11.8 Å². The van der Waals surface area contributed by atoms with Gasteiger partial charge in [-0.25, -0.2) is 13.7 Å². The van der Waals surface area contributed by atoms with Crippen molar-refractivity contribution in [3.8, 4) is 11.8 Å². The van der Waals surface area contributed by atoms with Crippen LogP contribution in [0.4, 0.5) is 0 Å². The Hall–Kier alpha value is -1.20.